The third-order valence-electron chi connectivity index (χ3n) is 3.26. The summed E-state index contributed by atoms with van der Waals surface area (Å²) in [6.07, 6.45) is 0. The van der Waals surface area contributed by atoms with Gasteiger partial charge < -0.3 is 14.2 Å². The third-order valence-corrected chi connectivity index (χ3v) is 3.96. The van der Waals surface area contributed by atoms with Crippen molar-refractivity contribution in [2.24, 2.45) is 5.11 Å². The van der Waals surface area contributed by atoms with Crippen LogP contribution in [0.2, 0.25) is 0 Å². The number of azide groups is 1. The van der Waals surface area contributed by atoms with Gasteiger partial charge in [-0.2, -0.15) is 0 Å². The normalized spacial score (nSPS) is 10.3. The minimum atomic E-state index is -2.72. The quantitative estimate of drug-likeness (QED) is 0.213. The van der Waals surface area contributed by atoms with Crippen LogP contribution in [0.4, 0.5) is 0 Å². The molecule has 0 aliphatic heterocycles. The highest BCUT2D eigenvalue weighted by Crippen LogP contribution is 2.29. The zero-order chi connectivity index (χ0) is 18.6. The standard InChI is InChI=1S/C17H19N3O5S/c18-20-19-8-9-23-10-11-24-17-12-15(26(21)22)6-7-16(17)25-13-14-4-2-1-3-5-14/h1-7,12,26H,8-11,13H2. The molecule has 0 aliphatic carbocycles. The second-order valence-electron chi connectivity index (χ2n) is 5.08. The number of ether oxygens (including phenoxy) is 3. The van der Waals surface area contributed by atoms with Gasteiger partial charge in [0.05, 0.1) is 18.1 Å². The molecule has 0 saturated carbocycles. The Morgan fingerprint density at radius 1 is 0.962 bits per heavy atom. The van der Waals surface area contributed by atoms with Crippen LogP contribution in [0.1, 0.15) is 5.56 Å². The maximum absolute atomic E-state index is 11.2. The van der Waals surface area contributed by atoms with E-state index >= 15 is 0 Å². The predicted octanol–water partition coefficient (Wildman–Crippen LogP) is 2.94. The Balaban J connectivity index is 1.96. The molecule has 0 atom stereocenters. The van der Waals surface area contributed by atoms with E-state index in [1.165, 1.54) is 12.1 Å². The van der Waals surface area contributed by atoms with E-state index in [4.69, 9.17) is 19.7 Å². The van der Waals surface area contributed by atoms with Gasteiger partial charge in [-0.15, -0.1) is 0 Å². The minimum Gasteiger partial charge on any atom is -0.487 e. The lowest BCUT2D eigenvalue weighted by atomic mass is 10.2. The second-order valence-corrected chi connectivity index (χ2v) is 6.11. The fraction of sp³-hybridized carbons (Fsp3) is 0.294. The highest BCUT2D eigenvalue weighted by molar-refractivity contribution is 7.72. The van der Waals surface area contributed by atoms with Crippen molar-refractivity contribution in [2.45, 2.75) is 11.5 Å². The summed E-state index contributed by atoms with van der Waals surface area (Å²) in [7, 11) is -2.72. The molecular formula is C17H19N3O5S. The van der Waals surface area contributed by atoms with Crippen molar-refractivity contribution in [1.82, 2.24) is 0 Å². The fourth-order valence-corrected chi connectivity index (χ4v) is 2.46. The Morgan fingerprint density at radius 3 is 2.50 bits per heavy atom. The lowest BCUT2D eigenvalue weighted by Gasteiger charge is -2.13. The van der Waals surface area contributed by atoms with Crippen LogP contribution in [0.3, 0.4) is 0 Å². The Morgan fingerprint density at radius 2 is 1.77 bits per heavy atom. The van der Waals surface area contributed by atoms with Gasteiger partial charge in [0.2, 0.25) is 0 Å². The Hall–Kier alpha value is -2.74. The van der Waals surface area contributed by atoms with Crippen LogP contribution in [0, 0.1) is 0 Å². The van der Waals surface area contributed by atoms with Crippen molar-refractivity contribution in [1.29, 1.82) is 0 Å². The summed E-state index contributed by atoms with van der Waals surface area (Å²) in [5.41, 5.74) is 9.15. The smallest absolute Gasteiger partial charge is 0.168 e. The van der Waals surface area contributed by atoms with Gasteiger partial charge in [-0.3, -0.25) is 0 Å². The minimum absolute atomic E-state index is 0.145. The molecule has 0 fully saturated rings. The molecular weight excluding hydrogens is 358 g/mol. The first-order valence-electron chi connectivity index (χ1n) is 7.87. The van der Waals surface area contributed by atoms with Crippen LogP contribution < -0.4 is 9.47 Å². The molecule has 0 aliphatic rings. The van der Waals surface area contributed by atoms with E-state index in [1.807, 2.05) is 30.3 Å². The lowest BCUT2D eigenvalue weighted by molar-refractivity contribution is 0.104. The summed E-state index contributed by atoms with van der Waals surface area (Å²) >= 11 is 0. The van der Waals surface area contributed by atoms with Crippen LogP contribution in [-0.4, -0.2) is 34.8 Å². The number of nitrogens with zero attached hydrogens (tertiary/aromatic N) is 3. The van der Waals surface area contributed by atoms with Crippen molar-refractivity contribution in [2.75, 3.05) is 26.4 Å². The lowest BCUT2D eigenvalue weighted by Crippen LogP contribution is -2.09. The van der Waals surface area contributed by atoms with Crippen molar-refractivity contribution >= 4 is 10.7 Å². The zero-order valence-electron chi connectivity index (χ0n) is 14.0. The number of rotatable bonds is 11. The van der Waals surface area contributed by atoms with Crippen molar-refractivity contribution in [3.63, 3.8) is 0 Å². The molecule has 2 aromatic rings. The summed E-state index contributed by atoms with van der Waals surface area (Å²) in [5, 5.41) is 3.35. The van der Waals surface area contributed by atoms with Crippen molar-refractivity contribution in [3.05, 3.63) is 64.5 Å². The molecule has 0 aromatic heterocycles. The summed E-state index contributed by atoms with van der Waals surface area (Å²) < 4.78 is 39.0. The van der Waals surface area contributed by atoms with Gasteiger partial charge in [-0.1, -0.05) is 35.4 Å². The van der Waals surface area contributed by atoms with Crippen LogP contribution >= 0.6 is 0 Å². The maximum atomic E-state index is 11.2. The number of benzene rings is 2. The highest BCUT2D eigenvalue weighted by atomic mass is 32.2. The molecule has 0 bridgehead atoms. The highest BCUT2D eigenvalue weighted by Gasteiger charge is 2.09. The summed E-state index contributed by atoms with van der Waals surface area (Å²) in [5.74, 6) is 0.778. The van der Waals surface area contributed by atoms with Crippen LogP contribution in [0.25, 0.3) is 10.4 Å². The van der Waals surface area contributed by atoms with E-state index < -0.39 is 10.7 Å². The van der Waals surface area contributed by atoms with E-state index in [2.05, 4.69) is 10.0 Å². The average molecular weight is 377 g/mol. The summed E-state index contributed by atoms with van der Waals surface area (Å²) in [4.78, 5) is 2.77. The first kappa shape index (κ1) is 19.6. The van der Waals surface area contributed by atoms with E-state index in [-0.39, 0.29) is 31.3 Å². The molecule has 9 heteroatoms. The van der Waals surface area contributed by atoms with Gasteiger partial charge in [0.25, 0.3) is 0 Å². The van der Waals surface area contributed by atoms with Gasteiger partial charge in [0.1, 0.15) is 13.2 Å². The van der Waals surface area contributed by atoms with E-state index in [0.29, 0.717) is 18.1 Å². The average Bonchev–Trinajstić information content (AvgIpc) is 2.66. The first-order chi connectivity index (χ1) is 12.7. The molecule has 8 nitrogen and oxygen atoms in total. The molecule has 0 heterocycles. The summed E-state index contributed by atoms with van der Waals surface area (Å²) in [6, 6.07) is 14.1. The van der Waals surface area contributed by atoms with E-state index in [0.717, 1.165) is 5.56 Å². The molecule has 0 saturated heterocycles. The largest absolute Gasteiger partial charge is 0.487 e. The van der Waals surface area contributed by atoms with E-state index in [9.17, 15) is 8.42 Å². The summed E-state index contributed by atoms with van der Waals surface area (Å²) in [6.45, 7) is 1.35. The van der Waals surface area contributed by atoms with E-state index in [1.54, 1.807) is 6.07 Å². The van der Waals surface area contributed by atoms with Gasteiger partial charge in [-0.25, -0.2) is 8.42 Å². The maximum Gasteiger partial charge on any atom is 0.168 e. The van der Waals surface area contributed by atoms with Crippen molar-refractivity contribution < 1.29 is 22.6 Å². The van der Waals surface area contributed by atoms with Gasteiger partial charge in [-0.05, 0) is 23.2 Å². The number of hydrogen-bond donors (Lipinski definition) is 1. The fourth-order valence-electron chi connectivity index (χ4n) is 2.04. The van der Waals surface area contributed by atoms with Gasteiger partial charge in [0, 0.05) is 17.5 Å². The van der Waals surface area contributed by atoms with Gasteiger partial charge in [0.15, 0.2) is 22.2 Å². The van der Waals surface area contributed by atoms with Crippen LogP contribution in [0.15, 0.2) is 58.5 Å². The molecule has 138 valence electrons. The van der Waals surface area contributed by atoms with Crippen molar-refractivity contribution in [3.8, 4) is 11.5 Å². The molecule has 0 amide bonds. The topological polar surface area (TPSA) is 111 Å². The van der Waals surface area contributed by atoms with Gasteiger partial charge >= 0.3 is 0 Å². The third kappa shape index (κ3) is 6.64. The zero-order valence-corrected chi connectivity index (χ0v) is 14.9. The molecule has 2 rings (SSSR count). The Bertz CT molecular complexity index is 812. The Labute approximate surface area is 152 Å². The SMILES string of the molecule is [N-]=[N+]=NCCOCCOc1cc([SH](=O)=O)ccc1OCc1ccccc1. The second kappa shape index (κ2) is 11.0. The van der Waals surface area contributed by atoms with Crippen LogP contribution in [0.5, 0.6) is 11.5 Å². The Kier molecular flexibility index (Phi) is 8.28. The molecule has 0 radical (unpaired) electrons. The molecule has 0 spiro atoms. The first-order valence-corrected chi connectivity index (χ1v) is 9.05. The number of thiol groups is 1. The van der Waals surface area contributed by atoms with Crippen LogP contribution in [-0.2, 0) is 22.0 Å². The number of hydrogen-bond acceptors (Lipinski definition) is 6. The monoisotopic (exact) mass is 377 g/mol. The molecule has 2 aromatic carbocycles. The molecule has 0 N–H and O–H groups in total. The molecule has 26 heavy (non-hydrogen) atoms. The predicted molar refractivity (Wildman–Crippen MR) is 96.1 cm³/mol. The molecule has 0 unspecified atom stereocenters.